The van der Waals surface area contributed by atoms with Gasteiger partial charge in [0.1, 0.15) is 37.4 Å². The summed E-state index contributed by atoms with van der Waals surface area (Å²) >= 11 is 0. The molecule has 8 N–H and O–H groups in total. The summed E-state index contributed by atoms with van der Waals surface area (Å²) in [5.41, 5.74) is 10.1. The number of nitrogens with zero attached hydrogens (tertiary/aromatic N) is 2. The number of aromatic amines is 1. The van der Waals surface area contributed by atoms with Gasteiger partial charge in [0.2, 0.25) is 5.91 Å². The van der Waals surface area contributed by atoms with Gasteiger partial charge in [0.15, 0.2) is 0 Å². The molecule has 7 aromatic rings. The number of H-pyrrole nitrogens is 1. The first-order valence-electron chi connectivity index (χ1n) is 26.1. The van der Waals surface area contributed by atoms with Gasteiger partial charge in [0.25, 0.3) is 0 Å². The van der Waals surface area contributed by atoms with E-state index in [1.165, 1.54) is 32.5 Å². The first kappa shape index (κ1) is 62.3. The first-order chi connectivity index (χ1) is 38.6. The summed E-state index contributed by atoms with van der Waals surface area (Å²) < 4.78 is 37.9. The van der Waals surface area contributed by atoms with Crippen LogP contribution in [0.3, 0.4) is 0 Å². The number of hydrogen-bond donors (Lipinski definition) is 8. The Balaban J connectivity index is 0.00000541. The molecule has 82 heavy (non-hydrogen) atoms. The van der Waals surface area contributed by atoms with Crippen LogP contribution >= 0.6 is 29.4 Å². The molecule has 1 unspecified atom stereocenters. The zero-order valence-corrected chi connectivity index (χ0v) is 52.8. The van der Waals surface area contributed by atoms with Gasteiger partial charge in [-0.25, -0.2) is 23.9 Å². The van der Waals surface area contributed by atoms with Gasteiger partial charge < -0.3 is 65.0 Å². The van der Waals surface area contributed by atoms with Crippen LogP contribution < -0.4 is 26.0 Å². The van der Waals surface area contributed by atoms with Gasteiger partial charge in [-0.3, -0.25) is 9.32 Å². The quantitative estimate of drug-likeness (QED) is 0.0123. The average molecular weight is 1670 g/mol. The number of carboxylic acid groups (broad SMARTS) is 1. The number of pyridine rings is 1. The second-order valence-electron chi connectivity index (χ2n) is 19.2. The van der Waals surface area contributed by atoms with E-state index in [2.05, 4.69) is 67.7 Å². The summed E-state index contributed by atoms with van der Waals surface area (Å²) in [6.07, 6.45) is 2.33. The van der Waals surface area contributed by atoms with Crippen molar-refractivity contribution in [1.82, 2.24) is 30.8 Å². The van der Waals surface area contributed by atoms with Crippen molar-refractivity contribution < 1.29 is 62.1 Å². The molecule has 20 nitrogen and oxygen atoms in total. The summed E-state index contributed by atoms with van der Waals surface area (Å²) in [5.74, 6) is -0.282. The molecule has 0 aliphatic heterocycles. The van der Waals surface area contributed by atoms with Crippen molar-refractivity contribution >= 4 is 91.9 Å². The molecule has 1 aliphatic rings. The molecule has 2 aromatic heterocycles. The molecule has 5 aromatic carbocycles. The zero-order chi connectivity index (χ0) is 56.8. The number of ether oxygens (including phenoxy) is 4. The third kappa shape index (κ3) is 15.9. The van der Waals surface area contributed by atoms with Crippen molar-refractivity contribution in [3.05, 3.63) is 131 Å². The largest absolute Gasteiger partial charge is 0.497 e. The second-order valence-corrected chi connectivity index (χ2v) is 22.8. The SMILES string of the molecule is COc1ccc2[nH]c3c(C)c4ccnc(NCCCN(C)CCCNC(=O)OCc5ccc(SSCC(NC(=O)OCC6c7ccccc7-c7ccccc76)C(=O)NCCOP(=O)(O)O)c(CCOCC(=O)O)c5)c4c(C)c3c2c1.[Fm].[Fm]. The van der Waals surface area contributed by atoms with Crippen LogP contribution in [0.5, 0.6) is 5.75 Å². The minimum absolute atomic E-state index is 0. The van der Waals surface area contributed by atoms with E-state index in [1.54, 1.807) is 13.2 Å². The third-order valence-electron chi connectivity index (χ3n) is 13.7. The number of amides is 3. The molecule has 0 saturated heterocycles. The van der Waals surface area contributed by atoms with E-state index in [0.717, 1.165) is 103 Å². The predicted octanol–water partition coefficient (Wildman–Crippen LogP) is 9.06. The number of anilines is 1. The first-order valence-corrected chi connectivity index (χ1v) is 29.9. The fraction of sp³-hybridized carbons (Fsp3) is 0.351. The van der Waals surface area contributed by atoms with Crippen LogP contribution in [0.2, 0.25) is 0 Å². The zero-order valence-electron chi connectivity index (χ0n) is 45.5. The summed E-state index contributed by atoms with van der Waals surface area (Å²) in [6.45, 7) is 5.85. The number of carboxylic acids is 1. The van der Waals surface area contributed by atoms with Crippen LogP contribution in [0, 0.1) is 13.8 Å². The molecular weight excluding hydrogens is 1600 g/mol. The number of phosphoric acid groups is 1. The predicted molar refractivity (Wildman–Crippen MR) is 310 cm³/mol. The Morgan fingerprint density at radius 2 is 1.54 bits per heavy atom. The smallest absolute Gasteiger partial charge is 0.469 e. The average Bonchev–Trinajstić information content (AvgIpc) is 4.18. The van der Waals surface area contributed by atoms with E-state index >= 15 is 0 Å². The fourth-order valence-electron chi connectivity index (χ4n) is 9.86. The number of phosphoric ester groups is 1. The van der Waals surface area contributed by atoms with Crippen molar-refractivity contribution in [2.75, 3.05) is 84.4 Å². The Kier molecular flexibility index (Phi) is 22.1. The molecule has 0 fully saturated rings. The monoisotopic (exact) mass is 1670 g/mol. The van der Waals surface area contributed by atoms with Crippen LogP contribution in [0.25, 0.3) is 43.7 Å². The normalized spacial score (nSPS) is 12.3. The Hall–Kier alpha value is -8.88. The number of aliphatic carboxylic acids is 1. The summed E-state index contributed by atoms with van der Waals surface area (Å²) in [5, 5.41) is 25.3. The molecule has 8 rings (SSSR count). The van der Waals surface area contributed by atoms with Gasteiger partial charge in [-0.15, -0.1) is 0 Å². The van der Waals surface area contributed by atoms with Gasteiger partial charge in [0.05, 0.1) is 25.8 Å². The Morgan fingerprint density at radius 3 is 2.24 bits per heavy atom. The van der Waals surface area contributed by atoms with Crippen molar-refractivity contribution in [2.45, 2.75) is 56.6 Å². The van der Waals surface area contributed by atoms with Crippen LogP contribution in [0.1, 0.15) is 52.1 Å². The van der Waals surface area contributed by atoms with Crippen LogP contribution in [-0.4, -0.2) is 139 Å². The molecule has 0 bridgehead atoms. The van der Waals surface area contributed by atoms with Gasteiger partial charge >= 0.3 is 26.0 Å². The number of aryl methyl sites for hydroxylation is 2. The van der Waals surface area contributed by atoms with Crippen molar-refractivity contribution in [3.8, 4) is 16.9 Å². The number of carbonyl (C=O) groups is 4. The Labute approximate surface area is 471 Å². The molecule has 0 saturated carbocycles. The van der Waals surface area contributed by atoms with Crippen LogP contribution in [-0.2, 0) is 45.9 Å². The molecule has 3 amide bonds. The number of fused-ring (bicyclic) bond motifs is 7. The second kappa shape index (κ2) is 29.0. The number of aromatic nitrogens is 2. The minimum Gasteiger partial charge on any atom is -0.497 e. The molecule has 448 valence electrons. The summed E-state index contributed by atoms with van der Waals surface area (Å²) in [7, 11) is 1.49. The molecular formula is C57H66Fm2N7O13PS2. The van der Waals surface area contributed by atoms with E-state index < -0.39 is 51.1 Å². The molecule has 1 atom stereocenters. The minimum atomic E-state index is -4.78. The molecule has 0 radical (unpaired) electrons. The Bertz CT molecular complexity index is 3360. The standard InChI is InChI=1S/C57H66N7O13PS2.2Fm/c1-35-40-19-23-59-54(52(40)36(2)51-45-30-39(73-4)16-17-47(45)62-53(35)51)58-21-9-25-64(3)26-10-22-61-56(68)75-31-37-15-18-49(38(29-37)20-27-74-33-50(65)66)80-79-34-48(55(67)60-24-28-77-78(70,71)72)63-57(69)76-32-46-43-13-7-5-11-41(43)42-12-6-8-14-44(42)46;;/h5-8,11-19,23,29-30,46,48,62H,9-10,20-22,24-28,31-34H2,1-4H3,(H,58,59)(H,60,67)(H,61,68)(H,63,69)(H,65,66)(H2,70,71,72);;. The van der Waals surface area contributed by atoms with Crippen molar-refractivity contribution in [3.63, 3.8) is 0 Å². The fourth-order valence-corrected chi connectivity index (χ4v) is 12.6. The molecule has 0 spiro atoms. The number of hydrogen-bond acceptors (Lipinski definition) is 15. The number of rotatable bonds is 29. The van der Waals surface area contributed by atoms with Gasteiger partial charge in [-0.1, -0.05) is 82.3 Å². The number of benzene rings is 5. The molecule has 25 heteroatoms. The number of nitrogens with one attached hydrogen (secondary N) is 5. The van der Waals surface area contributed by atoms with E-state index in [1.807, 2.05) is 80.0 Å². The third-order valence-corrected chi connectivity index (χ3v) is 16.7. The molecule has 1 aliphatic carbocycles. The number of carbonyl (C=O) groups excluding carboxylic acids is 3. The van der Waals surface area contributed by atoms with E-state index in [4.69, 9.17) is 38.8 Å². The van der Waals surface area contributed by atoms with Crippen LogP contribution in [0.15, 0.2) is 102 Å². The topological polar surface area (TPSA) is 272 Å². The number of alkyl carbamates (subject to hydrolysis) is 2. The van der Waals surface area contributed by atoms with E-state index in [0.29, 0.717) is 24.9 Å². The van der Waals surface area contributed by atoms with Gasteiger partial charge in [-0.2, -0.15) is 0 Å². The van der Waals surface area contributed by atoms with Crippen molar-refractivity contribution in [1.29, 1.82) is 0 Å². The van der Waals surface area contributed by atoms with Gasteiger partial charge in [0, 0.05) is 64.1 Å². The van der Waals surface area contributed by atoms with E-state index in [-0.39, 0.29) is 38.0 Å². The Morgan fingerprint density at radius 1 is 0.817 bits per heavy atom. The maximum atomic E-state index is 13.4. The maximum Gasteiger partial charge on any atom is 0.469 e. The summed E-state index contributed by atoms with van der Waals surface area (Å²) in [6, 6.07) is 28.2. The maximum absolute atomic E-state index is 13.4. The molecule has 2 heterocycles. The van der Waals surface area contributed by atoms with Crippen LogP contribution in [0.4, 0.5) is 15.4 Å². The summed E-state index contributed by atoms with van der Waals surface area (Å²) in [4.78, 5) is 80.3. The number of methoxy groups -OCH3 is 1. The van der Waals surface area contributed by atoms with Crippen molar-refractivity contribution in [2.24, 2.45) is 0 Å². The van der Waals surface area contributed by atoms with Gasteiger partial charge in [-0.05, 0) is 133 Å². The van der Waals surface area contributed by atoms with E-state index in [9.17, 15) is 23.7 Å².